The average Bonchev–Trinajstić information content (AvgIpc) is 2.79. The molecule has 0 amide bonds. The van der Waals surface area contributed by atoms with Crippen LogP contribution in [0.25, 0.3) is 0 Å². The highest BCUT2D eigenvalue weighted by molar-refractivity contribution is 8.14. The Morgan fingerprint density at radius 3 is 1.94 bits per heavy atom. The molecule has 0 aliphatic rings. The Morgan fingerprint density at radius 1 is 0.941 bits per heavy atom. The van der Waals surface area contributed by atoms with Crippen molar-refractivity contribution in [1.82, 2.24) is 0 Å². The summed E-state index contributed by atoms with van der Waals surface area (Å²) in [6.45, 7) is 6.45. The Morgan fingerprint density at radius 2 is 1.50 bits per heavy atom. The zero-order valence-electron chi connectivity index (χ0n) is 19.3. The Labute approximate surface area is 204 Å². The number of carbonyl (C=O) groups is 3. The quantitative estimate of drug-likeness (QED) is 0.123. The summed E-state index contributed by atoms with van der Waals surface area (Å²) in [5.41, 5.74) is -2.44. The maximum absolute atomic E-state index is 13.0. The van der Waals surface area contributed by atoms with E-state index in [-0.39, 0.29) is 19.0 Å². The van der Waals surface area contributed by atoms with Crippen LogP contribution < -0.4 is 5.32 Å². The van der Waals surface area contributed by atoms with Crippen LogP contribution in [0.3, 0.4) is 0 Å². The highest BCUT2D eigenvalue weighted by Crippen LogP contribution is 2.39. The number of hydrogen-bond donors (Lipinski definition) is 1. The molecule has 0 saturated heterocycles. The van der Waals surface area contributed by atoms with Gasteiger partial charge in [-0.15, -0.1) is 11.8 Å². The Bertz CT molecular complexity index is 922. The number of non-ortho nitro benzene ring substituents is 1. The first-order valence-electron chi connectivity index (χ1n) is 10.5. The fourth-order valence-electron chi connectivity index (χ4n) is 2.69. The van der Waals surface area contributed by atoms with E-state index < -0.39 is 54.4 Å². The lowest BCUT2D eigenvalue weighted by Gasteiger charge is -2.30. The van der Waals surface area contributed by atoms with Gasteiger partial charge in [-0.05, 0) is 32.4 Å². The number of nitro benzene ring substituents is 2. The first-order chi connectivity index (χ1) is 16.1. The van der Waals surface area contributed by atoms with Gasteiger partial charge in [0.25, 0.3) is 16.2 Å². The minimum Gasteiger partial charge on any atom is -0.463 e. The number of rotatable bonds is 14. The number of thioether (sulfide) groups is 2. The van der Waals surface area contributed by atoms with E-state index in [0.717, 1.165) is 29.6 Å². The van der Waals surface area contributed by atoms with Crippen molar-refractivity contribution >= 4 is 57.6 Å². The molecule has 0 fully saturated rings. The Balaban J connectivity index is 3.91. The molecule has 0 heterocycles. The summed E-state index contributed by atoms with van der Waals surface area (Å²) in [5.74, 6) is -1.52. The van der Waals surface area contributed by atoms with E-state index in [1.54, 1.807) is 13.8 Å². The van der Waals surface area contributed by atoms with Crippen molar-refractivity contribution in [2.45, 2.75) is 45.4 Å². The summed E-state index contributed by atoms with van der Waals surface area (Å²) in [7, 11) is 0. The Kier molecular flexibility index (Phi) is 11.8. The summed E-state index contributed by atoms with van der Waals surface area (Å²) >= 11 is 1.59. The predicted molar refractivity (Wildman–Crippen MR) is 129 cm³/mol. The summed E-state index contributed by atoms with van der Waals surface area (Å²) in [4.78, 5) is 58.1. The van der Waals surface area contributed by atoms with Gasteiger partial charge in [-0.1, -0.05) is 25.6 Å². The zero-order valence-corrected chi connectivity index (χ0v) is 20.9. The highest BCUT2D eigenvalue weighted by atomic mass is 32.2. The molecular formula is C20H27N3O9S2. The van der Waals surface area contributed by atoms with E-state index >= 15 is 0 Å². The summed E-state index contributed by atoms with van der Waals surface area (Å²) < 4.78 is 10.2. The summed E-state index contributed by atoms with van der Waals surface area (Å²) in [6.07, 6.45) is 1.11. The third kappa shape index (κ3) is 7.06. The SMILES string of the molecule is CCCSC(=O)c1c(NC(SCCC)(C(=O)OCC)C(=O)OCC)cc([N+](=O)[O-])cc1[N+](=O)[O-]. The number of hydrogen-bond acceptors (Lipinski definition) is 12. The second kappa shape index (κ2) is 13.7. The number of nitrogens with one attached hydrogen (secondary N) is 1. The van der Waals surface area contributed by atoms with E-state index in [4.69, 9.17) is 9.47 Å². The number of esters is 2. The molecule has 1 aromatic carbocycles. The molecule has 0 bridgehead atoms. The van der Waals surface area contributed by atoms with Gasteiger partial charge in [-0.3, -0.25) is 25.0 Å². The molecular weight excluding hydrogens is 490 g/mol. The number of nitro groups is 2. The van der Waals surface area contributed by atoms with E-state index in [2.05, 4.69) is 5.32 Å². The molecule has 34 heavy (non-hydrogen) atoms. The molecule has 188 valence electrons. The van der Waals surface area contributed by atoms with Gasteiger partial charge < -0.3 is 14.8 Å². The molecule has 0 radical (unpaired) electrons. The normalized spacial score (nSPS) is 10.9. The molecule has 0 aliphatic carbocycles. The van der Waals surface area contributed by atoms with Crippen molar-refractivity contribution in [3.63, 3.8) is 0 Å². The predicted octanol–water partition coefficient (Wildman–Crippen LogP) is 4.16. The molecule has 0 aliphatic heterocycles. The van der Waals surface area contributed by atoms with Crippen LogP contribution in [0.2, 0.25) is 0 Å². The first-order valence-corrected chi connectivity index (χ1v) is 12.5. The second-order valence-electron chi connectivity index (χ2n) is 6.63. The third-order valence-electron chi connectivity index (χ3n) is 4.11. The maximum Gasteiger partial charge on any atom is 0.354 e. The van der Waals surface area contributed by atoms with Gasteiger partial charge in [0.05, 0.1) is 34.8 Å². The van der Waals surface area contributed by atoms with Gasteiger partial charge in [0, 0.05) is 11.8 Å². The number of ether oxygens (including phenoxy) is 2. The van der Waals surface area contributed by atoms with Gasteiger partial charge >= 0.3 is 11.9 Å². The fourth-order valence-corrected chi connectivity index (χ4v) is 4.49. The fraction of sp³-hybridized carbons (Fsp3) is 0.550. The van der Waals surface area contributed by atoms with Crippen LogP contribution >= 0.6 is 23.5 Å². The lowest BCUT2D eigenvalue weighted by molar-refractivity contribution is -0.394. The van der Waals surface area contributed by atoms with E-state index in [0.29, 0.717) is 24.7 Å². The standard InChI is InChI=1S/C20H27N3O9S2/c1-5-9-33-17(24)16-14(11-13(22(27)28)12-15(16)23(29)30)21-20(34-10-6-2,18(25)31-7-3)19(26)32-8-4/h11-12,21H,5-10H2,1-4H3. The molecule has 0 saturated carbocycles. The third-order valence-corrected chi connectivity index (χ3v) is 6.67. The highest BCUT2D eigenvalue weighted by Gasteiger charge is 2.51. The average molecular weight is 518 g/mol. The summed E-state index contributed by atoms with van der Waals surface area (Å²) in [6, 6.07) is 1.55. The molecule has 1 N–H and O–H groups in total. The van der Waals surface area contributed by atoms with Crippen LogP contribution in [0.1, 0.15) is 50.9 Å². The van der Waals surface area contributed by atoms with Crippen molar-refractivity contribution in [2.24, 2.45) is 0 Å². The lowest BCUT2D eigenvalue weighted by Crippen LogP contribution is -2.53. The van der Waals surface area contributed by atoms with Gasteiger partial charge in [0.2, 0.25) is 5.12 Å². The van der Waals surface area contributed by atoms with Crippen molar-refractivity contribution < 1.29 is 33.7 Å². The van der Waals surface area contributed by atoms with Crippen LogP contribution in [0, 0.1) is 20.2 Å². The van der Waals surface area contributed by atoms with Crippen molar-refractivity contribution in [1.29, 1.82) is 0 Å². The van der Waals surface area contributed by atoms with Gasteiger partial charge in [-0.25, -0.2) is 9.59 Å². The molecule has 0 aromatic heterocycles. The lowest BCUT2D eigenvalue weighted by atomic mass is 10.1. The maximum atomic E-state index is 13.0. The van der Waals surface area contributed by atoms with Crippen LogP contribution in [0.4, 0.5) is 17.1 Å². The molecule has 1 aromatic rings. The zero-order chi connectivity index (χ0) is 25.9. The van der Waals surface area contributed by atoms with Crippen LogP contribution in [-0.2, 0) is 19.1 Å². The van der Waals surface area contributed by atoms with Crippen molar-refractivity contribution in [3.8, 4) is 0 Å². The topological polar surface area (TPSA) is 168 Å². The van der Waals surface area contributed by atoms with E-state index in [9.17, 15) is 34.6 Å². The molecule has 0 spiro atoms. The Hall–Kier alpha value is -2.87. The van der Waals surface area contributed by atoms with Crippen molar-refractivity contribution in [3.05, 3.63) is 37.9 Å². The van der Waals surface area contributed by atoms with Crippen LogP contribution in [0.15, 0.2) is 12.1 Å². The monoisotopic (exact) mass is 517 g/mol. The summed E-state index contributed by atoms with van der Waals surface area (Å²) in [5, 5.41) is 25.1. The van der Waals surface area contributed by atoms with Gasteiger partial charge in [-0.2, -0.15) is 0 Å². The van der Waals surface area contributed by atoms with Gasteiger partial charge in [0.1, 0.15) is 5.56 Å². The molecule has 12 nitrogen and oxygen atoms in total. The molecule has 0 atom stereocenters. The minimum atomic E-state index is -2.25. The first kappa shape index (κ1) is 29.2. The molecule has 0 unspecified atom stereocenters. The van der Waals surface area contributed by atoms with Crippen molar-refractivity contribution in [2.75, 3.05) is 30.0 Å². The van der Waals surface area contributed by atoms with Gasteiger partial charge in [0.15, 0.2) is 0 Å². The van der Waals surface area contributed by atoms with E-state index in [1.165, 1.54) is 13.8 Å². The number of benzene rings is 1. The minimum absolute atomic E-state index is 0.0957. The van der Waals surface area contributed by atoms with Crippen LogP contribution in [-0.4, -0.2) is 56.5 Å². The molecule has 14 heteroatoms. The smallest absolute Gasteiger partial charge is 0.354 e. The van der Waals surface area contributed by atoms with Crippen LogP contribution in [0.5, 0.6) is 0 Å². The number of anilines is 1. The van der Waals surface area contributed by atoms with E-state index in [1.807, 2.05) is 0 Å². The number of carbonyl (C=O) groups excluding carboxylic acids is 3. The second-order valence-corrected chi connectivity index (χ2v) is 9.01. The largest absolute Gasteiger partial charge is 0.463 e. The molecule has 1 rings (SSSR count). The number of nitrogens with zero attached hydrogens (tertiary/aromatic N) is 2.